The van der Waals surface area contributed by atoms with Gasteiger partial charge in [0.25, 0.3) is 5.91 Å². The average Bonchev–Trinajstić information content (AvgIpc) is 3.34. The highest BCUT2D eigenvalue weighted by Crippen LogP contribution is 2.21. The Balaban J connectivity index is 1.77. The summed E-state index contributed by atoms with van der Waals surface area (Å²) >= 11 is 1.34. The Morgan fingerprint density at radius 2 is 2.00 bits per heavy atom. The molecular formula is C24H22N4O3S. The predicted molar refractivity (Wildman–Crippen MR) is 124 cm³/mol. The second kappa shape index (κ2) is 9.15. The number of ether oxygens (including phenoxy) is 1. The van der Waals surface area contributed by atoms with Crippen LogP contribution in [0.3, 0.4) is 0 Å². The van der Waals surface area contributed by atoms with Crippen LogP contribution in [0.5, 0.6) is 0 Å². The highest BCUT2D eigenvalue weighted by atomic mass is 32.1. The molecule has 4 rings (SSSR count). The molecule has 0 unspecified atom stereocenters. The third-order valence-corrected chi connectivity index (χ3v) is 5.98. The van der Waals surface area contributed by atoms with Crippen LogP contribution in [0.25, 0.3) is 15.9 Å². The molecule has 0 saturated heterocycles. The number of hydrogen-bond acceptors (Lipinski definition) is 5. The molecule has 1 amide bonds. The Morgan fingerprint density at radius 3 is 2.72 bits per heavy atom. The molecule has 8 heteroatoms. The number of hydrogen-bond donors (Lipinski definition) is 0. The van der Waals surface area contributed by atoms with E-state index < -0.39 is 0 Å². The minimum Gasteiger partial charge on any atom is -0.462 e. The molecule has 162 valence electrons. The Bertz CT molecular complexity index is 1380. The first-order valence-corrected chi connectivity index (χ1v) is 11.0. The van der Waals surface area contributed by atoms with Crippen molar-refractivity contribution < 1.29 is 14.3 Å². The van der Waals surface area contributed by atoms with Gasteiger partial charge in [0.05, 0.1) is 45.5 Å². The SMILES string of the molecule is C=CCn1c(=NC(=O)c2cnn(-c3ccccc3)c2C)sc2cc(C(=O)OCC)ccc21. The number of carbonyl (C=O) groups is 2. The summed E-state index contributed by atoms with van der Waals surface area (Å²) in [5, 5.41) is 4.36. The number of para-hydroxylation sites is 1. The number of benzene rings is 2. The molecule has 0 atom stereocenters. The number of allylic oxidation sites excluding steroid dienone is 1. The standard InChI is InChI=1S/C24H22N4O3S/c1-4-13-27-20-12-11-17(23(30)31-5-2)14-21(20)32-24(27)26-22(29)19-15-25-28(16(19)3)18-9-7-6-8-10-18/h4,6-12,14-15H,1,5,13H2,2-3H3. The van der Waals surface area contributed by atoms with Gasteiger partial charge in [-0.3, -0.25) is 4.79 Å². The number of nitrogens with zero attached hydrogens (tertiary/aromatic N) is 4. The van der Waals surface area contributed by atoms with Crippen molar-refractivity contribution in [2.75, 3.05) is 6.61 Å². The molecular weight excluding hydrogens is 424 g/mol. The predicted octanol–water partition coefficient (Wildman–Crippen LogP) is 4.30. The number of aromatic nitrogens is 3. The van der Waals surface area contributed by atoms with Crippen molar-refractivity contribution in [2.45, 2.75) is 20.4 Å². The molecule has 0 N–H and O–H groups in total. The molecule has 4 aromatic rings. The van der Waals surface area contributed by atoms with Gasteiger partial charge in [0.2, 0.25) is 0 Å². The molecule has 7 nitrogen and oxygen atoms in total. The van der Waals surface area contributed by atoms with Crippen LogP contribution in [0.4, 0.5) is 0 Å². The Kier molecular flexibility index (Phi) is 6.13. The van der Waals surface area contributed by atoms with Gasteiger partial charge in [0, 0.05) is 6.54 Å². The highest BCUT2D eigenvalue weighted by Gasteiger charge is 2.16. The first kappa shape index (κ1) is 21.5. The molecule has 32 heavy (non-hydrogen) atoms. The molecule has 0 saturated carbocycles. The van der Waals surface area contributed by atoms with E-state index in [1.165, 1.54) is 17.5 Å². The summed E-state index contributed by atoms with van der Waals surface area (Å²) in [5.41, 5.74) is 3.35. The van der Waals surface area contributed by atoms with Crippen LogP contribution >= 0.6 is 11.3 Å². The molecule has 0 aliphatic heterocycles. The van der Waals surface area contributed by atoms with E-state index in [1.54, 1.807) is 29.8 Å². The molecule has 2 aromatic heterocycles. The summed E-state index contributed by atoms with van der Waals surface area (Å²) < 4.78 is 9.54. The minimum atomic E-state index is -0.378. The van der Waals surface area contributed by atoms with Crippen molar-refractivity contribution in [2.24, 2.45) is 4.99 Å². The average molecular weight is 447 g/mol. The van der Waals surface area contributed by atoms with Crippen molar-refractivity contribution in [3.63, 3.8) is 0 Å². The van der Waals surface area contributed by atoms with Crippen LogP contribution in [0.1, 0.15) is 33.3 Å². The molecule has 0 spiro atoms. The first-order valence-electron chi connectivity index (χ1n) is 10.1. The van der Waals surface area contributed by atoms with Crippen molar-refractivity contribution >= 4 is 33.4 Å². The quantitative estimate of drug-likeness (QED) is 0.327. The van der Waals surface area contributed by atoms with Gasteiger partial charge in [0.1, 0.15) is 0 Å². The maximum absolute atomic E-state index is 13.0. The third-order valence-electron chi connectivity index (χ3n) is 4.94. The maximum Gasteiger partial charge on any atom is 0.338 e. The lowest BCUT2D eigenvalue weighted by Gasteiger charge is -2.04. The lowest BCUT2D eigenvalue weighted by Crippen LogP contribution is -2.16. The zero-order valence-electron chi connectivity index (χ0n) is 17.8. The maximum atomic E-state index is 13.0. The summed E-state index contributed by atoms with van der Waals surface area (Å²) in [5.74, 6) is -0.753. The molecule has 0 aliphatic carbocycles. The fourth-order valence-corrected chi connectivity index (χ4v) is 4.48. The van der Waals surface area contributed by atoms with E-state index in [9.17, 15) is 9.59 Å². The fourth-order valence-electron chi connectivity index (χ4n) is 3.40. The number of amides is 1. The van der Waals surface area contributed by atoms with Crippen molar-refractivity contribution in [1.29, 1.82) is 0 Å². The Hall–Kier alpha value is -3.78. The monoisotopic (exact) mass is 446 g/mol. The second-order valence-electron chi connectivity index (χ2n) is 6.99. The van der Waals surface area contributed by atoms with Gasteiger partial charge in [-0.2, -0.15) is 10.1 Å². The summed E-state index contributed by atoms with van der Waals surface area (Å²) in [4.78, 5) is 30.1. The van der Waals surface area contributed by atoms with Crippen molar-refractivity contribution in [3.8, 4) is 5.69 Å². The summed E-state index contributed by atoms with van der Waals surface area (Å²) in [6, 6.07) is 14.9. The molecule has 2 aromatic carbocycles. The van der Waals surface area contributed by atoms with E-state index in [4.69, 9.17) is 4.74 Å². The van der Waals surface area contributed by atoms with E-state index in [0.29, 0.717) is 34.8 Å². The zero-order chi connectivity index (χ0) is 22.7. The molecule has 0 fully saturated rings. The minimum absolute atomic E-state index is 0.308. The largest absolute Gasteiger partial charge is 0.462 e. The van der Waals surface area contributed by atoms with Gasteiger partial charge >= 0.3 is 5.97 Å². The number of thiazole rings is 1. The highest BCUT2D eigenvalue weighted by molar-refractivity contribution is 7.16. The Labute approximate surface area is 188 Å². The van der Waals surface area contributed by atoms with Crippen molar-refractivity contribution in [3.05, 3.63) is 89.0 Å². The molecule has 0 aliphatic rings. The van der Waals surface area contributed by atoms with Crippen LogP contribution in [0.15, 0.2) is 72.4 Å². The van der Waals surface area contributed by atoms with Gasteiger partial charge in [-0.25, -0.2) is 9.48 Å². The number of fused-ring (bicyclic) bond motifs is 1. The number of esters is 1. The van der Waals surface area contributed by atoms with Gasteiger partial charge in [-0.1, -0.05) is 35.6 Å². The third kappa shape index (κ3) is 4.04. The lowest BCUT2D eigenvalue weighted by molar-refractivity contribution is 0.0526. The smallest absolute Gasteiger partial charge is 0.338 e. The topological polar surface area (TPSA) is 78.5 Å². The van der Waals surface area contributed by atoms with Crippen LogP contribution in [0.2, 0.25) is 0 Å². The van der Waals surface area contributed by atoms with Gasteiger partial charge in [0.15, 0.2) is 4.80 Å². The second-order valence-corrected chi connectivity index (χ2v) is 8.00. The van der Waals surface area contributed by atoms with Gasteiger partial charge < -0.3 is 9.30 Å². The molecule has 0 bridgehead atoms. The molecule has 2 heterocycles. The van der Waals surface area contributed by atoms with Crippen LogP contribution < -0.4 is 4.80 Å². The van der Waals surface area contributed by atoms with Crippen LogP contribution in [0, 0.1) is 6.92 Å². The van der Waals surface area contributed by atoms with Crippen LogP contribution in [-0.4, -0.2) is 32.8 Å². The summed E-state index contributed by atoms with van der Waals surface area (Å²) in [6.45, 7) is 8.21. The van der Waals surface area contributed by atoms with E-state index in [2.05, 4.69) is 16.7 Å². The lowest BCUT2D eigenvalue weighted by atomic mass is 10.2. The Morgan fingerprint density at radius 1 is 1.22 bits per heavy atom. The van der Waals surface area contributed by atoms with Gasteiger partial charge in [-0.05, 0) is 44.2 Å². The van der Waals surface area contributed by atoms with Crippen LogP contribution in [-0.2, 0) is 11.3 Å². The fraction of sp³-hybridized carbons (Fsp3) is 0.167. The van der Waals surface area contributed by atoms with E-state index in [0.717, 1.165) is 15.9 Å². The van der Waals surface area contributed by atoms with E-state index >= 15 is 0 Å². The van der Waals surface area contributed by atoms with Crippen molar-refractivity contribution in [1.82, 2.24) is 14.3 Å². The van der Waals surface area contributed by atoms with E-state index in [1.807, 2.05) is 47.9 Å². The number of rotatable bonds is 6. The molecule has 0 radical (unpaired) electrons. The summed E-state index contributed by atoms with van der Waals surface area (Å²) in [6.07, 6.45) is 3.28. The zero-order valence-corrected chi connectivity index (χ0v) is 18.6. The first-order chi connectivity index (χ1) is 15.5. The number of carbonyl (C=O) groups excluding carboxylic acids is 2. The normalized spacial score (nSPS) is 11.6. The summed E-state index contributed by atoms with van der Waals surface area (Å²) in [7, 11) is 0. The van der Waals surface area contributed by atoms with Gasteiger partial charge in [-0.15, -0.1) is 6.58 Å². The van der Waals surface area contributed by atoms with E-state index in [-0.39, 0.29) is 11.9 Å².